The second-order valence-corrected chi connectivity index (χ2v) is 12.5. The third kappa shape index (κ3) is 8.67. The standard InChI is InChI=1S/C31H45IN4O5/c1-5-25(8-7-19-38-22-24-13-16-35(17-14-24)30-33-28(23(3)4)34-41-30)26-9-11-27(12-10-26)29(37)36(32)18-15-31(6-2)39-20-21-40-31/h5,7-9,19,23-24,27H,1,6,10-18,20-22H2,2-4H3/b19-7+,25-8+. The van der Waals surface area contributed by atoms with Gasteiger partial charge in [0.15, 0.2) is 11.6 Å². The summed E-state index contributed by atoms with van der Waals surface area (Å²) in [6.07, 6.45) is 15.8. The van der Waals surface area contributed by atoms with Crippen molar-refractivity contribution in [3.8, 4) is 0 Å². The zero-order valence-electron chi connectivity index (χ0n) is 24.7. The summed E-state index contributed by atoms with van der Waals surface area (Å²) in [6.45, 7) is 14.6. The number of halogens is 1. The van der Waals surface area contributed by atoms with Crippen molar-refractivity contribution in [2.75, 3.05) is 44.4 Å². The van der Waals surface area contributed by atoms with Gasteiger partial charge in [0.05, 0.1) is 48.9 Å². The van der Waals surface area contributed by atoms with E-state index in [0.717, 1.165) is 63.0 Å². The highest BCUT2D eigenvalue weighted by Crippen LogP contribution is 2.32. The summed E-state index contributed by atoms with van der Waals surface area (Å²) in [7, 11) is 0. The highest BCUT2D eigenvalue weighted by Gasteiger charge is 2.36. The van der Waals surface area contributed by atoms with Crippen molar-refractivity contribution in [2.45, 2.75) is 77.4 Å². The first kappa shape index (κ1) is 31.7. The minimum absolute atomic E-state index is 0.00656. The number of piperidine rings is 1. The van der Waals surface area contributed by atoms with E-state index in [0.29, 0.717) is 44.7 Å². The molecule has 2 aliphatic heterocycles. The van der Waals surface area contributed by atoms with E-state index < -0.39 is 5.79 Å². The fourth-order valence-corrected chi connectivity index (χ4v) is 6.13. The summed E-state index contributed by atoms with van der Waals surface area (Å²) in [5.74, 6) is 1.19. The van der Waals surface area contributed by atoms with Gasteiger partial charge in [0.1, 0.15) is 0 Å². The third-order valence-corrected chi connectivity index (χ3v) is 9.20. The van der Waals surface area contributed by atoms with Crippen LogP contribution in [-0.4, -0.2) is 64.4 Å². The van der Waals surface area contributed by atoms with E-state index in [1.54, 1.807) is 6.26 Å². The summed E-state index contributed by atoms with van der Waals surface area (Å²) >= 11 is 2.14. The average Bonchev–Trinajstić information content (AvgIpc) is 3.69. The predicted molar refractivity (Wildman–Crippen MR) is 167 cm³/mol. The Morgan fingerprint density at radius 1 is 1.29 bits per heavy atom. The topological polar surface area (TPSA) is 90.2 Å². The van der Waals surface area contributed by atoms with Crippen LogP contribution in [0.5, 0.6) is 0 Å². The van der Waals surface area contributed by atoms with Gasteiger partial charge < -0.3 is 23.6 Å². The quantitative estimate of drug-likeness (QED) is 0.101. The summed E-state index contributed by atoms with van der Waals surface area (Å²) < 4.78 is 24.7. The van der Waals surface area contributed by atoms with E-state index in [9.17, 15) is 4.79 Å². The van der Waals surface area contributed by atoms with Crippen molar-refractivity contribution in [2.24, 2.45) is 11.8 Å². The first-order valence-electron chi connectivity index (χ1n) is 15.0. The van der Waals surface area contributed by atoms with Crippen molar-refractivity contribution < 1.29 is 23.5 Å². The van der Waals surface area contributed by atoms with Gasteiger partial charge in [-0.15, -0.1) is 0 Å². The van der Waals surface area contributed by atoms with Crippen molar-refractivity contribution in [1.29, 1.82) is 0 Å². The molecule has 2 fully saturated rings. The Labute approximate surface area is 258 Å². The lowest BCUT2D eigenvalue weighted by Crippen LogP contribution is -2.36. The first-order chi connectivity index (χ1) is 19.8. The first-order valence-corrected chi connectivity index (χ1v) is 15.9. The number of carbonyl (C=O) groups is 1. The molecule has 1 aliphatic carbocycles. The van der Waals surface area contributed by atoms with Gasteiger partial charge in [-0.2, -0.15) is 4.98 Å². The zero-order valence-corrected chi connectivity index (χ0v) is 26.9. The summed E-state index contributed by atoms with van der Waals surface area (Å²) in [5, 5.41) is 4.07. The summed E-state index contributed by atoms with van der Waals surface area (Å²) in [4.78, 5) is 19.7. The average molecular weight is 681 g/mol. The molecule has 226 valence electrons. The van der Waals surface area contributed by atoms with Crippen molar-refractivity contribution in [1.82, 2.24) is 13.3 Å². The molecule has 0 spiro atoms. The Kier molecular flexibility index (Phi) is 11.9. The molecule has 1 unspecified atom stereocenters. The molecule has 41 heavy (non-hydrogen) atoms. The van der Waals surface area contributed by atoms with E-state index >= 15 is 0 Å². The van der Waals surface area contributed by atoms with Crippen LogP contribution in [0, 0.1) is 11.8 Å². The summed E-state index contributed by atoms with van der Waals surface area (Å²) in [6, 6.07) is 0.629. The van der Waals surface area contributed by atoms with E-state index in [4.69, 9.17) is 18.7 Å². The SMILES string of the molecule is C=C/C(=C\C=C\OCC1CCN(c2nc(C(C)C)no2)CC1)C1=CCC(C(=O)N(I)CCC2(CC)OCCO2)CC1. The largest absolute Gasteiger partial charge is 0.501 e. The van der Waals surface area contributed by atoms with Crippen LogP contribution < -0.4 is 4.90 Å². The van der Waals surface area contributed by atoms with E-state index in [1.807, 2.05) is 21.3 Å². The number of allylic oxidation sites excluding steroid dienone is 6. The van der Waals surface area contributed by atoms with Gasteiger partial charge in [0.2, 0.25) is 5.91 Å². The monoisotopic (exact) mass is 680 g/mol. The second kappa shape index (κ2) is 15.3. The molecule has 0 bridgehead atoms. The van der Waals surface area contributed by atoms with Crippen LogP contribution in [0.4, 0.5) is 6.01 Å². The maximum absolute atomic E-state index is 13.1. The lowest BCUT2D eigenvalue weighted by atomic mass is 9.85. The minimum atomic E-state index is -0.532. The molecule has 2 saturated heterocycles. The number of ether oxygens (including phenoxy) is 3. The van der Waals surface area contributed by atoms with E-state index in [1.165, 1.54) is 5.57 Å². The van der Waals surface area contributed by atoms with Crippen LogP contribution in [0.15, 0.2) is 52.8 Å². The number of anilines is 1. The highest BCUT2D eigenvalue weighted by atomic mass is 127. The fourth-order valence-electron chi connectivity index (χ4n) is 5.50. The Morgan fingerprint density at radius 2 is 2.05 bits per heavy atom. The van der Waals surface area contributed by atoms with Gasteiger partial charge in [0, 0.05) is 37.9 Å². The van der Waals surface area contributed by atoms with Crippen LogP contribution in [0.3, 0.4) is 0 Å². The lowest BCUT2D eigenvalue weighted by molar-refractivity contribution is -0.165. The maximum atomic E-state index is 13.1. The van der Waals surface area contributed by atoms with Gasteiger partial charge in [-0.3, -0.25) is 7.91 Å². The number of hydrogen-bond donors (Lipinski definition) is 0. The smallest absolute Gasteiger partial charge is 0.324 e. The molecule has 9 nitrogen and oxygen atoms in total. The molecule has 3 aliphatic rings. The van der Waals surface area contributed by atoms with Gasteiger partial charge in [-0.25, -0.2) is 0 Å². The van der Waals surface area contributed by atoms with Gasteiger partial charge in [-0.1, -0.05) is 50.7 Å². The Morgan fingerprint density at radius 3 is 2.66 bits per heavy atom. The molecular weight excluding hydrogens is 635 g/mol. The van der Waals surface area contributed by atoms with E-state index in [-0.39, 0.29) is 17.7 Å². The molecule has 0 radical (unpaired) electrons. The van der Waals surface area contributed by atoms with Gasteiger partial charge in [0.25, 0.3) is 0 Å². The minimum Gasteiger partial charge on any atom is -0.501 e. The number of carbonyl (C=O) groups excluding carboxylic acids is 1. The third-order valence-electron chi connectivity index (χ3n) is 8.25. The van der Waals surface area contributed by atoms with Crippen molar-refractivity contribution in [3.63, 3.8) is 0 Å². The molecule has 1 amide bonds. The Balaban J connectivity index is 1.17. The molecule has 1 atom stereocenters. The van der Waals surface area contributed by atoms with Gasteiger partial charge >= 0.3 is 6.01 Å². The molecular formula is C31H45IN4O5. The van der Waals surface area contributed by atoms with Gasteiger partial charge in [-0.05, 0) is 61.7 Å². The van der Waals surface area contributed by atoms with Crippen molar-refractivity contribution in [3.05, 3.63) is 54.1 Å². The zero-order chi connectivity index (χ0) is 29.2. The molecule has 3 heterocycles. The highest BCUT2D eigenvalue weighted by molar-refractivity contribution is 14.1. The molecule has 4 rings (SSSR count). The van der Waals surface area contributed by atoms with Crippen molar-refractivity contribution >= 4 is 34.8 Å². The molecule has 1 aromatic rings. The molecule has 0 aromatic carbocycles. The van der Waals surface area contributed by atoms with Crippen LogP contribution in [-0.2, 0) is 19.0 Å². The maximum Gasteiger partial charge on any atom is 0.324 e. The predicted octanol–water partition coefficient (Wildman–Crippen LogP) is 6.50. The second-order valence-electron chi connectivity index (χ2n) is 11.3. The number of rotatable bonds is 13. The number of hydrogen-bond acceptors (Lipinski definition) is 8. The molecule has 10 heteroatoms. The number of aromatic nitrogens is 2. The van der Waals surface area contributed by atoms with Crippen LogP contribution in [0.25, 0.3) is 0 Å². The number of amides is 1. The molecule has 0 saturated carbocycles. The van der Waals surface area contributed by atoms with Crippen LogP contribution in [0.1, 0.15) is 77.5 Å². The lowest BCUT2D eigenvalue weighted by Gasteiger charge is -2.30. The number of nitrogens with zero attached hydrogens (tertiary/aromatic N) is 4. The van der Waals surface area contributed by atoms with Crippen LogP contribution in [0.2, 0.25) is 0 Å². The normalized spacial score (nSPS) is 21.9. The molecule has 0 N–H and O–H groups in total. The fraction of sp³-hybridized carbons (Fsp3) is 0.645. The Hall–Kier alpha value is -2.18. The Bertz CT molecular complexity index is 1100. The summed E-state index contributed by atoms with van der Waals surface area (Å²) in [5.41, 5.74) is 2.32. The molecule has 1 aromatic heterocycles. The van der Waals surface area contributed by atoms with Crippen LogP contribution >= 0.6 is 22.9 Å². The van der Waals surface area contributed by atoms with E-state index in [2.05, 4.69) is 71.3 Å².